The summed E-state index contributed by atoms with van der Waals surface area (Å²) in [5, 5.41) is 15.4. The number of rotatable bonds is 8. The molecule has 3 N–H and O–H groups in total. The van der Waals surface area contributed by atoms with Gasteiger partial charge in [0.2, 0.25) is 5.91 Å². The molecule has 0 bridgehead atoms. The van der Waals surface area contributed by atoms with Gasteiger partial charge in [0, 0.05) is 17.6 Å². The van der Waals surface area contributed by atoms with Crippen molar-refractivity contribution in [1.29, 1.82) is 0 Å². The quantitative estimate of drug-likeness (QED) is 0.673. The van der Waals surface area contributed by atoms with Crippen LogP contribution in [0, 0.1) is 5.41 Å². The SMILES string of the molecule is CCC(CC)(CO)CNC(=O)CNc1ccccc1. The predicted octanol–water partition coefficient (Wildman–Crippen LogP) is 2.01. The highest BCUT2D eigenvalue weighted by molar-refractivity contribution is 5.80. The summed E-state index contributed by atoms with van der Waals surface area (Å²) in [4.78, 5) is 11.8. The fourth-order valence-corrected chi connectivity index (χ4v) is 1.87. The van der Waals surface area contributed by atoms with Crippen LogP contribution in [0.25, 0.3) is 0 Å². The highest BCUT2D eigenvalue weighted by Gasteiger charge is 2.25. The van der Waals surface area contributed by atoms with Gasteiger partial charge in [-0.15, -0.1) is 0 Å². The van der Waals surface area contributed by atoms with Crippen molar-refractivity contribution in [2.75, 3.05) is 25.0 Å². The number of anilines is 1. The highest BCUT2D eigenvalue weighted by Crippen LogP contribution is 2.24. The number of hydrogen-bond donors (Lipinski definition) is 3. The van der Waals surface area contributed by atoms with Crippen molar-refractivity contribution in [2.45, 2.75) is 26.7 Å². The first-order chi connectivity index (χ1) is 9.15. The molecule has 19 heavy (non-hydrogen) atoms. The zero-order valence-corrected chi connectivity index (χ0v) is 11.8. The molecule has 0 fully saturated rings. The molecule has 0 saturated heterocycles. The second kappa shape index (κ2) is 7.79. The second-order valence-corrected chi connectivity index (χ2v) is 4.86. The number of carbonyl (C=O) groups is 1. The molecule has 0 heterocycles. The van der Waals surface area contributed by atoms with Crippen LogP contribution in [0.3, 0.4) is 0 Å². The summed E-state index contributed by atoms with van der Waals surface area (Å²) in [5.74, 6) is -0.0522. The number of hydrogen-bond acceptors (Lipinski definition) is 3. The number of para-hydroxylation sites is 1. The van der Waals surface area contributed by atoms with Crippen molar-refractivity contribution in [3.05, 3.63) is 30.3 Å². The molecular formula is C15H24N2O2. The summed E-state index contributed by atoms with van der Waals surface area (Å²) in [6, 6.07) is 9.62. The molecule has 0 radical (unpaired) electrons. The normalized spacial score (nSPS) is 11.1. The molecule has 0 aliphatic carbocycles. The number of aliphatic hydroxyl groups excluding tert-OH is 1. The lowest BCUT2D eigenvalue weighted by molar-refractivity contribution is -0.120. The molecule has 4 heteroatoms. The van der Waals surface area contributed by atoms with E-state index in [4.69, 9.17) is 0 Å². The lowest BCUT2D eigenvalue weighted by Crippen LogP contribution is -2.41. The van der Waals surface area contributed by atoms with Crippen molar-refractivity contribution >= 4 is 11.6 Å². The van der Waals surface area contributed by atoms with Crippen LogP contribution in [0.4, 0.5) is 5.69 Å². The lowest BCUT2D eigenvalue weighted by Gasteiger charge is -2.29. The summed E-state index contributed by atoms with van der Waals surface area (Å²) in [6.07, 6.45) is 1.71. The minimum Gasteiger partial charge on any atom is -0.396 e. The number of aliphatic hydroxyl groups is 1. The molecule has 0 atom stereocenters. The maximum atomic E-state index is 11.8. The molecule has 0 spiro atoms. The Balaban J connectivity index is 2.35. The zero-order chi connectivity index (χ0) is 14.1. The van der Waals surface area contributed by atoms with E-state index >= 15 is 0 Å². The van der Waals surface area contributed by atoms with Crippen LogP contribution >= 0.6 is 0 Å². The van der Waals surface area contributed by atoms with Crippen molar-refractivity contribution in [3.8, 4) is 0 Å². The fraction of sp³-hybridized carbons (Fsp3) is 0.533. The van der Waals surface area contributed by atoms with Gasteiger partial charge in [-0.2, -0.15) is 0 Å². The molecule has 0 aliphatic heterocycles. The molecule has 0 aromatic heterocycles. The van der Waals surface area contributed by atoms with Crippen LogP contribution in [0.5, 0.6) is 0 Å². The van der Waals surface area contributed by atoms with Crippen molar-refractivity contribution in [3.63, 3.8) is 0 Å². The Morgan fingerprint density at radius 2 is 1.84 bits per heavy atom. The van der Waals surface area contributed by atoms with E-state index in [0.29, 0.717) is 6.54 Å². The third kappa shape index (κ3) is 4.91. The van der Waals surface area contributed by atoms with Gasteiger partial charge in [0.1, 0.15) is 0 Å². The third-order valence-corrected chi connectivity index (χ3v) is 3.72. The van der Waals surface area contributed by atoms with Gasteiger partial charge in [-0.3, -0.25) is 4.79 Å². The number of carbonyl (C=O) groups excluding carboxylic acids is 1. The van der Waals surface area contributed by atoms with E-state index in [9.17, 15) is 9.90 Å². The summed E-state index contributed by atoms with van der Waals surface area (Å²) < 4.78 is 0. The Hall–Kier alpha value is -1.55. The van der Waals surface area contributed by atoms with E-state index < -0.39 is 0 Å². The van der Waals surface area contributed by atoms with E-state index in [1.54, 1.807) is 0 Å². The van der Waals surface area contributed by atoms with Crippen LogP contribution in [0.2, 0.25) is 0 Å². The first kappa shape index (κ1) is 15.5. The minimum absolute atomic E-state index is 0.0522. The van der Waals surface area contributed by atoms with Gasteiger partial charge in [0.15, 0.2) is 0 Å². The molecule has 1 aromatic carbocycles. The Bertz CT molecular complexity index is 367. The molecule has 4 nitrogen and oxygen atoms in total. The van der Waals surface area contributed by atoms with Gasteiger partial charge in [-0.05, 0) is 25.0 Å². The molecule has 106 valence electrons. The predicted molar refractivity (Wildman–Crippen MR) is 78.0 cm³/mol. The summed E-state index contributed by atoms with van der Waals surface area (Å²) >= 11 is 0. The summed E-state index contributed by atoms with van der Waals surface area (Å²) in [6.45, 7) is 4.94. The van der Waals surface area contributed by atoms with Crippen molar-refractivity contribution in [2.24, 2.45) is 5.41 Å². The van der Waals surface area contributed by atoms with Crippen LogP contribution in [0.15, 0.2) is 30.3 Å². The summed E-state index contributed by atoms with van der Waals surface area (Å²) in [5.41, 5.74) is 0.736. The van der Waals surface area contributed by atoms with Gasteiger partial charge in [-0.25, -0.2) is 0 Å². The van der Waals surface area contributed by atoms with E-state index in [1.165, 1.54) is 0 Å². The summed E-state index contributed by atoms with van der Waals surface area (Å²) in [7, 11) is 0. The van der Waals surface area contributed by atoms with Gasteiger partial charge >= 0.3 is 0 Å². The standard InChI is InChI=1S/C15H24N2O2/c1-3-15(4-2,12-18)11-17-14(19)10-16-13-8-6-5-7-9-13/h5-9,16,18H,3-4,10-12H2,1-2H3,(H,17,19). The van der Waals surface area contributed by atoms with Gasteiger partial charge < -0.3 is 15.7 Å². The molecule has 0 saturated carbocycles. The van der Waals surface area contributed by atoms with Gasteiger partial charge in [0.05, 0.1) is 13.2 Å². The molecule has 1 amide bonds. The highest BCUT2D eigenvalue weighted by atomic mass is 16.3. The van der Waals surface area contributed by atoms with Crippen molar-refractivity contribution < 1.29 is 9.90 Å². The fourth-order valence-electron chi connectivity index (χ4n) is 1.87. The maximum Gasteiger partial charge on any atom is 0.239 e. The number of amides is 1. The van der Waals surface area contributed by atoms with Crippen LogP contribution in [-0.4, -0.2) is 30.7 Å². The number of nitrogens with one attached hydrogen (secondary N) is 2. The van der Waals surface area contributed by atoms with E-state index in [0.717, 1.165) is 18.5 Å². The number of benzene rings is 1. The van der Waals surface area contributed by atoms with E-state index in [2.05, 4.69) is 10.6 Å². The Morgan fingerprint density at radius 1 is 1.21 bits per heavy atom. The largest absolute Gasteiger partial charge is 0.396 e. The molecule has 0 unspecified atom stereocenters. The molecule has 1 aromatic rings. The first-order valence-electron chi connectivity index (χ1n) is 6.82. The molecule has 0 aliphatic rings. The topological polar surface area (TPSA) is 61.4 Å². The van der Waals surface area contributed by atoms with Crippen LogP contribution < -0.4 is 10.6 Å². The average molecular weight is 264 g/mol. The van der Waals surface area contributed by atoms with Crippen LogP contribution in [0.1, 0.15) is 26.7 Å². The molecule has 1 rings (SSSR count). The lowest BCUT2D eigenvalue weighted by atomic mass is 9.83. The Kier molecular flexibility index (Phi) is 6.36. The zero-order valence-electron chi connectivity index (χ0n) is 11.8. The van der Waals surface area contributed by atoms with E-state index in [-0.39, 0.29) is 24.5 Å². The second-order valence-electron chi connectivity index (χ2n) is 4.86. The van der Waals surface area contributed by atoms with Crippen LogP contribution in [-0.2, 0) is 4.79 Å². The Morgan fingerprint density at radius 3 is 2.37 bits per heavy atom. The van der Waals surface area contributed by atoms with Gasteiger partial charge in [0.25, 0.3) is 0 Å². The minimum atomic E-state index is -0.192. The smallest absolute Gasteiger partial charge is 0.239 e. The molecular weight excluding hydrogens is 240 g/mol. The third-order valence-electron chi connectivity index (χ3n) is 3.72. The van der Waals surface area contributed by atoms with E-state index in [1.807, 2.05) is 44.2 Å². The Labute approximate surface area is 115 Å². The van der Waals surface area contributed by atoms with Gasteiger partial charge in [-0.1, -0.05) is 32.0 Å². The maximum absolute atomic E-state index is 11.8. The monoisotopic (exact) mass is 264 g/mol. The average Bonchev–Trinajstić information content (AvgIpc) is 2.48. The first-order valence-corrected chi connectivity index (χ1v) is 6.82. The van der Waals surface area contributed by atoms with Crippen molar-refractivity contribution in [1.82, 2.24) is 5.32 Å².